The lowest BCUT2D eigenvalue weighted by Gasteiger charge is -2.30. The Kier molecular flexibility index (Phi) is 7.47. The second-order valence-electron chi connectivity index (χ2n) is 7.67. The van der Waals surface area contributed by atoms with Gasteiger partial charge >= 0.3 is 0 Å². The van der Waals surface area contributed by atoms with Crippen molar-refractivity contribution >= 4 is 27.7 Å². The average molecular weight is 476 g/mol. The van der Waals surface area contributed by atoms with Gasteiger partial charge in [-0.05, 0) is 42.7 Å². The highest BCUT2D eigenvalue weighted by atomic mass is 32.2. The van der Waals surface area contributed by atoms with E-state index in [1.807, 2.05) is 0 Å². The molecule has 0 fully saturated rings. The summed E-state index contributed by atoms with van der Waals surface area (Å²) in [5.41, 5.74) is 0.771. The van der Waals surface area contributed by atoms with Crippen LogP contribution < -0.4 is 5.32 Å². The molecule has 2 aromatic carbocycles. The lowest BCUT2D eigenvalue weighted by Crippen LogP contribution is -2.48. The van der Waals surface area contributed by atoms with Crippen molar-refractivity contribution in [1.82, 2.24) is 14.5 Å². The largest absolute Gasteiger partial charge is 0.357 e. The van der Waals surface area contributed by atoms with Gasteiger partial charge in [0.05, 0.1) is 5.56 Å². The number of sulfonamides is 1. The number of rotatable bonds is 9. The molecule has 0 spiro atoms. The molecule has 1 aliphatic rings. The van der Waals surface area contributed by atoms with E-state index in [0.717, 1.165) is 4.31 Å². The number of carbonyl (C=O) groups is 3. The number of hydrogen-bond acceptors (Lipinski definition) is 5. The highest BCUT2D eigenvalue weighted by Crippen LogP contribution is 2.30. The molecule has 0 aromatic heterocycles. The van der Waals surface area contributed by atoms with Gasteiger partial charge in [-0.1, -0.05) is 31.2 Å². The van der Waals surface area contributed by atoms with Gasteiger partial charge in [0.2, 0.25) is 11.8 Å². The smallest absolute Gasteiger partial charge is 0.269 e. The second-order valence-corrected chi connectivity index (χ2v) is 9.50. The van der Waals surface area contributed by atoms with Crippen LogP contribution in [0, 0.1) is 5.82 Å². The number of nitrogens with zero attached hydrogens (tertiary/aromatic N) is 2. The van der Waals surface area contributed by atoms with Crippen molar-refractivity contribution in [1.29, 1.82) is 0 Å². The van der Waals surface area contributed by atoms with Gasteiger partial charge in [-0.25, -0.2) is 17.1 Å². The van der Waals surface area contributed by atoms with E-state index >= 15 is 0 Å². The summed E-state index contributed by atoms with van der Waals surface area (Å²) < 4.78 is 39.4. The highest BCUT2D eigenvalue weighted by Gasteiger charge is 2.40. The summed E-state index contributed by atoms with van der Waals surface area (Å²) in [6.45, 7) is 1.72. The number of halogens is 1. The fraction of sp³-hybridized carbons (Fsp3) is 0.348. The molecule has 2 aromatic rings. The van der Waals surface area contributed by atoms with Gasteiger partial charge in [0.1, 0.15) is 16.8 Å². The van der Waals surface area contributed by atoms with Crippen LogP contribution in [0.25, 0.3) is 0 Å². The SMILES string of the molecule is CC[C@@H](C(=O)NC)N(Cc1ccc(F)cc1)C(=O)CCCN1C(=O)c2ccccc2S1(=O)=O. The van der Waals surface area contributed by atoms with E-state index in [1.165, 1.54) is 36.2 Å². The first-order valence-corrected chi connectivity index (χ1v) is 12.1. The Morgan fingerprint density at radius 2 is 1.79 bits per heavy atom. The minimum Gasteiger partial charge on any atom is -0.357 e. The molecule has 0 radical (unpaired) electrons. The van der Waals surface area contributed by atoms with Crippen molar-refractivity contribution in [2.45, 2.75) is 43.7 Å². The summed E-state index contributed by atoms with van der Waals surface area (Å²) >= 11 is 0. The first kappa shape index (κ1) is 24.4. The number of nitrogens with one attached hydrogen (secondary N) is 1. The number of fused-ring (bicyclic) bond motifs is 1. The lowest BCUT2D eigenvalue weighted by atomic mass is 10.1. The van der Waals surface area contributed by atoms with Gasteiger partial charge in [0, 0.05) is 26.6 Å². The van der Waals surface area contributed by atoms with E-state index in [-0.39, 0.29) is 48.2 Å². The predicted octanol–water partition coefficient (Wildman–Crippen LogP) is 2.30. The van der Waals surface area contributed by atoms with Crippen molar-refractivity contribution in [3.8, 4) is 0 Å². The third kappa shape index (κ3) is 5.05. The number of hydrogen-bond donors (Lipinski definition) is 1. The van der Waals surface area contributed by atoms with Gasteiger partial charge < -0.3 is 10.2 Å². The summed E-state index contributed by atoms with van der Waals surface area (Å²) in [4.78, 5) is 39.4. The molecule has 33 heavy (non-hydrogen) atoms. The third-order valence-corrected chi connectivity index (χ3v) is 7.40. The summed E-state index contributed by atoms with van der Waals surface area (Å²) in [6, 6.07) is 10.9. The van der Waals surface area contributed by atoms with Gasteiger partial charge in [-0.15, -0.1) is 0 Å². The summed E-state index contributed by atoms with van der Waals surface area (Å²) in [6.07, 6.45) is 0.396. The standard InChI is InChI=1S/C23H26FN3O5S/c1-3-19(22(29)25-2)26(15-16-10-12-17(24)13-11-16)21(28)9-6-14-27-23(30)18-7-4-5-8-20(18)33(27,31)32/h4-5,7-8,10-13,19H,3,6,9,14-15H2,1-2H3,(H,25,29)/t19-/m0/s1. The molecule has 0 bridgehead atoms. The fourth-order valence-corrected chi connectivity index (χ4v) is 5.45. The summed E-state index contributed by atoms with van der Waals surface area (Å²) in [5.74, 6) is -1.72. The number of benzene rings is 2. The van der Waals surface area contributed by atoms with E-state index < -0.39 is 27.8 Å². The minimum atomic E-state index is -3.95. The van der Waals surface area contributed by atoms with Gasteiger partial charge in [-0.2, -0.15) is 0 Å². The maximum atomic E-state index is 13.3. The van der Waals surface area contributed by atoms with Crippen LogP contribution in [-0.2, 0) is 26.2 Å². The second kappa shape index (κ2) is 10.1. The molecule has 3 amide bonds. The van der Waals surface area contributed by atoms with Crippen LogP contribution in [0.3, 0.4) is 0 Å². The quantitative estimate of drug-likeness (QED) is 0.599. The average Bonchev–Trinajstić information content (AvgIpc) is 3.00. The topological polar surface area (TPSA) is 104 Å². The zero-order valence-corrected chi connectivity index (χ0v) is 19.3. The van der Waals surface area contributed by atoms with Crippen molar-refractivity contribution in [2.24, 2.45) is 0 Å². The Balaban J connectivity index is 1.72. The van der Waals surface area contributed by atoms with Gasteiger partial charge in [0.15, 0.2) is 0 Å². The number of likely N-dealkylation sites (N-methyl/N-ethyl adjacent to an activating group) is 1. The Morgan fingerprint density at radius 1 is 1.12 bits per heavy atom. The first-order chi connectivity index (χ1) is 15.7. The van der Waals surface area contributed by atoms with Crippen molar-refractivity contribution in [2.75, 3.05) is 13.6 Å². The maximum Gasteiger partial charge on any atom is 0.269 e. The molecule has 0 unspecified atom stereocenters. The van der Waals surface area contributed by atoms with Crippen LogP contribution in [0.5, 0.6) is 0 Å². The molecule has 0 saturated heterocycles. The van der Waals surface area contributed by atoms with Crippen molar-refractivity contribution in [3.05, 3.63) is 65.5 Å². The Labute approximate surface area is 192 Å². The molecule has 3 rings (SSSR count). The molecule has 10 heteroatoms. The van der Waals surface area contributed by atoms with Gasteiger partial charge in [0.25, 0.3) is 15.9 Å². The first-order valence-electron chi connectivity index (χ1n) is 10.6. The molecule has 1 N–H and O–H groups in total. The molecular weight excluding hydrogens is 449 g/mol. The van der Waals surface area contributed by atoms with Crippen LogP contribution in [0.1, 0.15) is 42.1 Å². The Morgan fingerprint density at radius 3 is 2.39 bits per heavy atom. The normalized spacial score (nSPS) is 15.1. The van der Waals surface area contributed by atoms with Crippen LogP contribution >= 0.6 is 0 Å². The minimum absolute atomic E-state index is 0.0371. The van der Waals surface area contributed by atoms with Crippen LogP contribution in [0.2, 0.25) is 0 Å². The zero-order valence-electron chi connectivity index (χ0n) is 18.5. The van der Waals surface area contributed by atoms with E-state index in [2.05, 4.69) is 5.32 Å². The molecule has 8 nitrogen and oxygen atoms in total. The van der Waals surface area contributed by atoms with E-state index in [1.54, 1.807) is 31.2 Å². The Bertz CT molecular complexity index is 1150. The van der Waals surface area contributed by atoms with Crippen molar-refractivity contribution in [3.63, 3.8) is 0 Å². The molecule has 1 aliphatic heterocycles. The lowest BCUT2D eigenvalue weighted by molar-refractivity contribution is -0.141. The molecule has 176 valence electrons. The van der Waals surface area contributed by atoms with Crippen molar-refractivity contribution < 1.29 is 27.2 Å². The highest BCUT2D eigenvalue weighted by molar-refractivity contribution is 7.90. The zero-order chi connectivity index (χ0) is 24.2. The third-order valence-electron chi connectivity index (χ3n) is 5.56. The van der Waals surface area contributed by atoms with Gasteiger partial charge in [-0.3, -0.25) is 14.4 Å². The molecule has 1 atom stereocenters. The number of carbonyl (C=O) groups excluding carboxylic acids is 3. The molecule has 1 heterocycles. The van der Waals surface area contributed by atoms with E-state index in [4.69, 9.17) is 0 Å². The molecule has 0 saturated carbocycles. The van der Waals surface area contributed by atoms with Crippen LogP contribution in [0.4, 0.5) is 4.39 Å². The predicted molar refractivity (Wildman–Crippen MR) is 119 cm³/mol. The maximum absolute atomic E-state index is 13.3. The van der Waals surface area contributed by atoms with E-state index in [0.29, 0.717) is 12.0 Å². The Hall–Kier alpha value is -3.27. The van der Waals surface area contributed by atoms with Crippen LogP contribution in [0.15, 0.2) is 53.4 Å². The monoisotopic (exact) mass is 475 g/mol. The van der Waals surface area contributed by atoms with Crippen LogP contribution in [-0.4, -0.2) is 55.0 Å². The summed E-state index contributed by atoms with van der Waals surface area (Å²) in [7, 11) is -2.47. The van der Waals surface area contributed by atoms with E-state index in [9.17, 15) is 27.2 Å². The molecular formula is C23H26FN3O5S. The number of amides is 3. The molecule has 0 aliphatic carbocycles. The fourth-order valence-electron chi connectivity index (χ4n) is 3.84. The summed E-state index contributed by atoms with van der Waals surface area (Å²) in [5, 5.41) is 2.55.